The molecule has 200 valence electrons. The van der Waals surface area contributed by atoms with E-state index < -0.39 is 47.5 Å². The standard InChI is InChI=1S/C25H19ClF6N4O2/c1-36(22(37)18-4-2-3-5-19(18)26)23(38)20(33)21(15-6-8-34-9-7-15)35-13-14-10-16(24(27,28)29)12-17(11-14)25(30,31)32/h2-12,35H,13,33H2,1H3/b21-20-. The highest BCUT2D eigenvalue weighted by atomic mass is 35.5. The van der Waals surface area contributed by atoms with Crippen molar-refractivity contribution in [2.24, 2.45) is 5.73 Å². The Morgan fingerprint density at radius 2 is 1.50 bits per heavy atom. The van der Waals surface area contributed by atoms with Crippen molar-refractivity contribution < 1.29 is 35.9 Å². The first-order chi connectivity index (χ1) is 17.7. The third kappa shape index (κ3) is 6.62. The first-order valence-electron chi connectivity index (χ1n) is 10.7. The van der Waals surface area contributed by atoms with E-state index in [0.29, 0.717) is 17.0 Å². The normalized spacial score (nSPS) is 12.5. The average Bonchev–Trinajstić information content (AvgIpc) is 2.87. The van der Waals surface area contributed by atoms with E-state index in [9.17, 15) is 35.9 Å². The number of halogens is 7. The molecule has 0 radical (unpaired) electrons. The van der Waals surface area contributed by atoms with Crippen LogP contribution in [-0.2, 0) is 23.7 Å². The van der Waals surface area contributed by atoms with Crippen LogP contribution in [0.4, 0.5) is 26.3 Å². The molecule has 13 heteroatoms. The van der Waals surface area contributed by atoms with Gasteiger partial charge in [0.1, 0.15) is 5.70 Å². The number of aromatic nitrogens is 1. The lowest BCUT2D eigenvalue weighted by Crippen LogP contribution is -2.38. The van der Waals surface area contributed by atoms with Gasteiger partial charge < -0.3 is 11.1 Å². The zero-order chi connectivity index (χ0) is 28.3. The number of carbonyl (C=O) groups excluding carboxylic acids is 2. The van der Waals surface area contributed by atoms with Gasteiger partial charge in [-0.15, -0.1) is 0 Å². The van der Waals surface area contributed by atoms with E-state index >= 15 is 0 Å². The molecule has 3 aromatic rings. The Balaban J connectivity index is 2.00. The molecule has 2 aromatic carbocycles. The number of likely N-dealkylation sites (N-methyl/N-ethyl adjacent to an activating group) is 1. The number of nitrogens with zero attached hydrogens (tertiary/aromatic N) is 2. The predicted molar refractivity (Wildman–Crippen MR) is 127 cm³/mol. The first kappa shape index (κ1) is 28.5. The number of nitrogens with two attached hydrogens (primary N) is 1. The van der Waals surface area contributed by atoms with Gasteiger partial charge in [-0.3, -0.25) is 19.5 Å². The maximum Gasteiger partial charge on any atom is 0.416 e. The summed E-state index contributed by atoms with van der Waals surface area (Å²) in [6, 6.07) is 9.88. The van der Waals surface area contributed by atoms with Gasteiger partial charge in [-0.2, -0.15) is 26.3 Å². The first-order valence-corrected chi connectivity index (χ1v) is 11.1. The van der Waals surface area contributed by atoms with Gasteiger partial charge in [0.25, 0.3) is 11.8 Å². The molecule has 0 saturated carbocycles. The van der Waals surface area contributed by atoms with Gasteiger partial charge in [0.15, 0.2) is 0 Å². The molecule has 6 nitrogen and oxygen atoms in total. The Bertz CT molecular complexity index is 1340. The number of nitrogens with one attached hydrogen (secondary N) is 1. The summed E-state index contributed by atoms with van der Waals surface area (Å²) in [6.07, 6.45) is -7.40. The van der Waals surface area contributed by atoms with Crippen molar-refractivity contribution in [3.05, 3.63) is 106 Å². The minimum Gasteiger partial charge on any atom is -0.393 e. The van der Waals surface area contributed by atoms with Gasteiger partial charge in [-0.25, -0.2) is 0 Å². The zero-order valence-corrected chi connectivity index (χ0v) is 20.2. The molecule has 3 N–H and O–H groups in total. The molecule has 3 rings (SSSR count). The fourth-order valence-electron chi connectivity index (χ4n) is 3.38. The van der Waals surface area contributed by atoms with Crippen molar-refractivity contribution in [3.8, 4) is 0 Å². The van der Waals surface area contributed by atoms with E-state index in [-0.39, 0.29) is 33.5 Å². The Morgan fingerprint density at radius 3 is 2.03 bits per heavy atom. The van der Waals surface area contributed by atoms with E-state index in [1.807, 2.05) is 0 Å². The molecule has 0 unspecified atom stereocenters. The van der Waals surface area contributed by atoms with Crippen LogP contribution in [0.3, 0.4) is 0 Å². The number of amides is 2. The van der Waals surface area contributed by atoms with Crippen molar-refractivity contribution in [1.29, 1.82) is 0 Å². The minimum absolute atomic E-state index is 0.0102. The fraction of sp³-hybridized carbons (Fsp3) is 0.160. The summed E-state index contributed by atoms with van der Waals surface area (Å²) in [5, 5.41) is 2.72. The maximum atomic E-state index is 13.3. The van der Waals surface area contributed by atoms with Crippen molar-refractivity contribution in [3.63, 3.8) is 0 Å². The lowest BCUT2D eigenvalue weighted by molar-refractivity contribution is -0.143. The quantitative estimate of drug-likeness (QED) is 0.310. The van der Waals surface area contributed by atoms with Crippen molar-refractivity contribution in [1.82, 2.24) is 15.2 Å². The summed E-state index contributed by atoms with van der Waals surface area (Å²) >= 11 is 6.03. The second-order valence-electron chi connectivity index (χ2n) is 7.94. The number of hydrogen-bond donors (Lipinski definition) is 2. The highest BCUT2D eigenvalue weighted by Crippen LogP contribution is 2.36. The Kier molecular flexibility index (Phi) is 8.35. The third-order valence-electron chi connectivity index (χ3n) is 5.30. The average molecular weight is 557 g/mol. The van der Waals surface area contributed by atoms with Crippen LogP contribution in [0.25, 0.3) is 5.70 Å². The van der Waals surface area contributed by atoms with E-state index in [0.717, 1.165) is 7.05 Å². The molecule has 0 aliphatic rings. The van der Waals surface area contributed by atoms with Gasteiger partial charge in [-0.05, 0) is 48.0 Å². The van der Waals surface area contributed by atoms with Crippen molar-refractivity contribution >= 4 is 29.1 Å². The van der Waals surface area contributed by atoms with Gasteiger partial charge in [-0.1, -0.05) is 23.7 Å². The Labute approximate surface area is 217 Å². The zero-order valence-electron chi connectivity index (χ0n) is 19.5. The molecular formula is C25H19ClF6N4O2. The molecule has 0 aliphatic carbocycles. The highest BCUT2D eigenvalue weighted by Gasteiger charge is 2.37. The monoisotopic (exact) mass is 556 g/mol. The molecule has 0 bridgehead atoms. The summed E-state index contributed by atoms with van der Waals surface area (Å²) < 4.78 is 79.5. The molecular weight excluding hydrogens is 538 g/mol. The van der Waals surface area contributed by atoms with Crippen molar-refractivity contribution in [2.45, 2.75) is 18.9 Å². The van der Waals surface area contributed by atoms with Crippen LogP contribution in [0.5, 0.6) is 0 Å². The molecule has 1 heterocycles. The SMILES string of the molecule is CN(C(=O)/C(N)=C(/NCc1cc(C(F)(F)F)cc(C(F)(F)F)c1)c1ccncc1)C(=O)c1ccccc1Cl. The second kappa shape index (κ2) is 11.1. The highest BCUT2D eigenvalue weighted by molar-refractivity contribution is 6.34. The molecule has 2 amide bonds. The second-order valence-corrected chi connectivity index (χ2v) is 8.35. The third-order valence-corrected chi connectivity index (χ3v) is 5.63. The van der Waals surface area contributed by atoms with Crippen LogP contribution in [0.2, 0.25) is 5.02 Å². The van der Waals surface area contributed by atoms with Crippen molar-refractivity contribution in [2.75, 3.05) is 7.05 Å². The number of pyridine rings is 1. The summed E-state index contributed by atoms with van der Waals surface area (Å²) in [4.78, 5) is 30.4. The molecule has 38 heavy (non-hydrogen) atoms. The van der Waals surface area contributed by atoms with Crippen LogP contribution < -0.4 is 11.1 Å². The summed E-state index contributed by atoms with van der Waals surface area (Å²) in [5.74, 6) is -1.78. The minimum atomic E-state index is -5.03. The van der Waals surface area contributed by atoms with Crippen LogP contribution >= 0.6 is 11.6 Å². The largest absolute Gasteiger partial charge is 0.416 e. The van der Waals surface area contributed by atoms with Gasteiger partial charge in [0.2, 0.25) is 0 Å². The topological polar surface area (TPSA) is 88.3 Å². The van der Waals surface area contributed by atoms with E-state index in [1.54, 1.807) is 6.07 Å². The number of imide groups is 1. The molecule has 0 aliphatic heterocycles. The number of benzene rings is 2. The van der Waals surface area contributed by atoms with Crippen LogP contribution in [0, 0.1) is 0 Å². The fourth-order valence-corrected chi connectivity index (χ4v) is 3.59. The summed E-state index contributed by atoms with van der Waals surface area (Å²) in [6.45, 7) is -0.569. The van der Waals surface area contributed by atoms with Crippen LogP contribution in [0.15, 0.2) is 72.7 Å². The Hall–Kier alpha value is -4.06. The van der Waals surface area contributed by atoms with Gasteiger partial charge >= 0.3 is 12.4 Å². The van der Waals surface area contributed by atoms with Crippen LogP contribution in [0.1, 0.15) is 32.6 Å². The summed E-state index contributed by atoms with van der Waals surface area (Å²) in [7, 11) is 1.15. The van der Waals surface area contributed by atoms with E-state index in [1.165, 1.54) is 42.7 Å². The van der Waals surface area contributed by atoms with Crippen LogP contribution in [-0.4, -0.2) is 28.7 Å². The Morgan fingerprint density at radius 1 is 0.947 bits per heavy atom. The predicted octanol–water partition coefficient (Wildman–Crippen LogP) is 5.49. The lowest BCUT2D eigenvalue weighted by atomic mass is 10.0. The molecule has 0 spiro atoms. The molecule has 0 fully saturated rings. The lowest BCUT2D eigenvalue weighted by Gasteiger charge is -2.20. The van der Waals surface area contributed by atoms with Gasteiger partial charge in [0.05, 0.1) is 27.4 Å². The smallest absolute Gasteiger partial charge is 0.393 e. The number of rotatable bonds is 6. The maximum absolute atomic E-state index is 13.3. The number of carbonyl (C=O) groups is 2. The van der Waals surface area contributed by atoms with Gasteiger partial charge in [0, 0.05) is 31.5 Å². The number of alkyl halides is 6. The molecule has 1 aromatic heterocycles. The molecule has 0 atom stereocenters. The molecule has 0 saturated heterocycles. The number of hydrogen-bond acceptors (Lipinski definition) is 5. The van der Waals surface area contributed by atoms with E-state index in [2.05, 4.69) is 10.3 Å². The summed E-state index contributed by atoms with van der Waals surface area (Å²) in [5.41, 5.74) is 2.30. The van der Waals surface area contributed by atoms with E-state index in [4.69, 9.17) is 17.3 Å².